The molecule has 0 spiro atoms. The van der Waals surface area contributed by atoms with Gasteiger partial charge >= 0.3 is 0 Å². The lowest BCUT2D eigenvalue weighted by atomic mass is 9.94. The third-order valence-corrected chi connectivity index (χ3v) is 6.54. The van der Waals surface area contributed by atoms with Crippen molar-refractivity contribution in [3.63, 3.8) is 0 Å². The lowest BCUT2D eigenvalue weighted by Crippen LogP contribution is -2.39. The van der Waals surface area contributed by atoms with Crippen LogP contribution in [0.2, 0.25) is 0 Å². The van der Waals surface area contributed by atoms with E-state index in [2.05, 4.69) is 74.5 Å². The maximum atomic E-state index is 6.37. The average Bonchev–Trinajstić information content (AvgIpc) is 2.89. The molecule has 33 heavy (non-hydrogen) atoms. The van der Waals surface area contributed by atoms with Gasteiger partial charge in [0.05, 0.1) is 13.2 Å². The summed E-state index contributed by atoms with van der Waals surface area (Å²) in [7, 11) is 0. The largest absolute Gasteiger partial charge is 0.457 e. The predicted octanol–water partition coefficient (Wildman–Crippen LogP) is 7.78. The van der Waals surface area contributed by atoms with Crippen LogP contribution in [-0.4, -0.2) is 13.2 Å². The standard InChI is InChI=1S/C30H30O3/c1-3-22(2)23-13-16-28(17-14-23)33-29-11-6-10-26(21-29)30(31-18-7-19-32-30)27-15-12-24-8-4-5-9-25(24)20-27/h4-6,8-17,20-22H,3,7,18-19H2,1-2H3. The third-order valence-electron chi connectivity index (χ3n) is 6.54. The lowest BCUT2D eigenvalue weighted by molar-refractivity contribution is -0.249. The van der Waals surface area contributed by atoms with Crippen LogP contribution in [0.3, 0.4) is 0 Å². The summed E-state index contributed by atoms with van der Waals surface area (Å²) in [5, 5.41) is 2.37. The number of rotatable bonds is 6. The Labute approximate surface area is 195 Å². The SMILES string of the molecule is CCC(C)c1ccc(Oc2cccc(C3(c4ccc5ccccc5c4)OCCCO3)c2)cc1. The van der Waals surface area contributed by atoms with Crippen molar-refractivity contribution in [1.82, 2.24) is 0 Å². The van der Waals surface area contributed by atoms with Gasteiger partial charge in [-0.25, -0.2) is 0 Å². The first-order valence-corrected chi connectivity index (χ1v) is 11.8. The van der Waals surface area contributed by atoms with Gasteiger partial charge in [0.1, 0.15) is 11.5 Å². The molecule has 0 aromatic heterocycles. The molecular weight excluding hydrogens is 408 g/mol. The average molecular weight is 439 g/mol. The minimum atomic E-state index is -0.942. The van der Waals surface area contributed by atoms with Gasteiger partial charge in [0.2, 0.25) is 5.79 Å². The molecular formula is C30H30O3. The van der Waals surface area contributed by atoms with Crippen molar-refractivity contribution in [1.29, 1.82) is 0 Å². The van der Waals surface area contributed by atoms with Crippen molar-refractivity contribution >= 4 is 10.8 Å². The fraction of sp³-hybridized carbons (Fsp3) is 0.267. The minimum Gasteiger partial charge on any atom is -0.457 e. The van der Waals surface area contributed by atoms with Crippen LogP contribution in [0.4, 0.5) is 0 Å². The number of benzene rings is 4. The number of fused-ring (bicyclic) bond motifs is 1. The summed E-state index contributed by atoms with van der Waals surface area (Å²) in [6, 6.07) is 31.2. The van der Waals surface area contributed by atoms with E-state index in [9.17, 15) is 0 Å². The summed E-state index contributed by atoms with van der Waals surface area (Å²) in [6.45, 7) is 5.75. The molecule has 1 saturated heterocycles. The highest BCUT2D eigenvalue weighted by atomic mass is 16.7. The summed E-state index contributed by atoms with van der Waals surface area (Å²) in [5.41, 5.74) is 3.26. The summed E-state index contributed by atoms with van der Waals surface area (Å²) in [5.74, 6) is 1.19. The lowest BCUT2D eigenvalue weighted by Gasteiger charge is -2.38. The molecule has 0 radical (unpaired) electrons. The normalized spacial score (nSPS) is 16.4. The quantitative estimate of drug-likeness (QED) is 0.307. The predicted molar refractivity (Wildman–Crippen MR) is 133 cm³/mol. The summed E-state index contributed by atoms with van der Waals surface area (Å²) < 4.78 is 19.0. The van der Waals surface area contributed by atoms with E-state index < -0.39 is 5.79 Å². The van der Waals surface area contributed by atoms with Crippen molar-refractivity contribution in [2.24, 2.45) is 0 Å². The molecule has 3 heteroatoms. The fourth-order valence-corrected chi connectivity index (χ4v) is 4.43. The monoisotopic (exact) mass is 438 g/mol. The number of hydrogen-bond donors (Lipinski definition) is 0. The molecule has 0 amide bonds. The summed E-state index contributed by atoms with van der Waals surface area (Å²) in [6.07, 6.45) is 2.01. The van der Waals surface area contributed by atoms with Crippen LogP contribution in [0.1, 0.15) is 49.3 Å². The molecule has 168 valence electrons. The van der Waals surface area contributed by atoms with E-state index >= 15 is 0 Å². The zero-order valence-electron chi connectivity index (χ0n) is 19.3. The molecule has 1 aliphatic rings. The van der Waals surface area contributed by atoms with Gasteiger partial charge in [0, 0.05) is 11.1 Å². The van der Waals surface area contributed by atoms with Crippen molar-refractivity contribution < 1.29 is 14.2 Å². The zero-order valence-corrected chi connectivity index (χ0v) is 19.3. The van der Waals surface area contributed by atoms with Gasteiger partial charge in [-0.3, -0.25) is 0 Å². The van der Waals surface area contributed by atoms with E-state index in [1.54, 1.807) is 0 Å². The molecule has 0 N–H and O–H groups in total. The molecule has 1 atom stereocenters. The van der Waals surface area contributed by atoms with Crippen molar-refractivity contribution in [3.05, 3.63) is 108 Å². The van der Waals surface area contributed by atoms with E-state index in [4.69, 9.17) is 14.2 Å². The molecule has 0 bridgehead atoms. The number of ether oxygens (including phenoxy) is 3. The van der Waals surface area contributed by atoms with Crippen molar-refractivity contribution in [2.45, 2.75) is 38.4 Å². The second kappa shape index (κ2) is 9.38. The minimum absolute atomic E-state index is 0.546. The second-order valence-electron chi connectivity index (χ2n) is 8.74. The first-order valence-electron chi connectivity index (χ1n) is 11.8. The Balaban J connectivity index is 1.48. The molecule has 1 heterocycles. The first-order chi connectivity index (χ1) is 16.2. The second-order valence-corrected chi connectivity index (χ2v) is 8.74. The Hall–Kier alpha value is -3.14. The van der Waals surface area contributed by atoms with Gasteiger partial charge in [-0.2, -0.15) is 0 Å². The van der Waals surface area contributed by atoms with Crippen LogP contribution < -0.4 is 4.74 Å². The highest BCUT2D eigenvalue weighted by Crippen LogP contribution is 2.40. The highest BCUT2D eigenvalue weighted by molar-refractivity contribution is 5.83. The molecule has 3 nitrogen and oxygen atoms in total. The fourth-order valence-electron chi connectivity index (χ4n) is 4.43. The van der Waals surface area contributed by atoms with Gasteiger partial charge in [0.25, 0.3) is 0 Å². The van der Waals surface area contributed by atoms with Crippen molar-refractivity contribution in [3.8, 4) is 11.5 Å². The zero-order chi connectivity index (χ0) is 22.7. The Kier molecular flexibility index (Phi) is 6.17. The maximum absolute atomic E-state index is 6.37. The van der Waals surface area contributed by atoms with E-state index in [0.29, 0.717) is 19.1 Å². The summed E-state index contributed by atoms with van der Waals surface area (Å²) >= 11 is 0. The molecule has 0 aliphatic carbocycles. The first kappa shape index (κ1) is 21.7. The Morgan fingerprint density at radius 2 is 1.48 bits per heavy atom. The molecule has 4 aromatic carbocycles. The van der Waals surface area contributed by atoms with Crippen molar-refractivity contribution in [2.75, 3.05) is 13.2 Å². The molecule has 1 fully saturated rings. The molecule has 1 aliphatic heterocycles. The Bertz CT molecular complexity index is 1220. The van der Waals surface area contributed by atoms with Gasteiger partial charge in [-0.15, -0.1) is 0 Å². The molecule has 0 saturated carbocycles. The van der Waals surface area contributed by atoms with Crippen LogP contribution in [0.5, 0.6) is 11.5 Å². The van der Waals surface area contributed by atoms with Crippen LogP contribution >= 0.6 is 0 Å². The molecule has 5 rings (SSSR count). The van der Waals surface area contributed by atoms with Gasteiger partial charge in [0.15, 0.2) is 0 Å². The maximum Gasteiger partial charge on any atom is 0.222 e. The van der Waals surface area contributed by atoms with Gasteiger partial charge < -0.3 is 14.2 Å². The topological polar surface area (TPSA) is 27.7 Å². The highest BCUT2D eigenvalue weighted by Gasteiger charge is 2.39. The van der Waals surface area contributed by atoms with E-state index in [0.717, 1.165) is 35.5 Å². The number of hydrogen-bond acceptors (Lipinski definition) is 3. The van der Waals surface area contributed by atoms with E-state index in [1.165, 1.54) is 16.3 Å². The Morgan fingerprint density at radius 1 is 0.758 bits per heavy atom. The smallest absolute Gasteiger partial charge is 0.222 e. The Morgan fingerprint density at radius 3 is 2.24 bits per heavy atom. The van der Waals surface area contributed by atoms with E-state index in [-0.39, 0.29) is 0 Å². The van der Waals surface area contributed by atoms with Crippen LogP contribution in [-0.2, 0) is 15.3 Å². The summed E-state index contributed by atoms with van der Waals surface area (Å²) in [4.78, 5) is 0. The molecule has 1 unspecified atom stereocenters. The van der Waals surface area contributed by atoms with Crippen LogP contribution in [0, 0.1) is 0 Å². The van der Waals surface area contributed by atoms with Crippen LogP contribution in [0.15, 0.2) is 91.0 Å². The molecule has 4 aromatic rings. The van der Waals surface area contributed by atoms with E-state index in [1.807, 2.05) is 30.3 Å². The third kappa shape index (κ3) is 4.39. The van der Waals surface area contributed by atoms with Crippen LogP contribution in [0.25, 0.3) is 10.8 Å². The van der Waals surface area contributed by atoms with Gasteiger partial charge in [-0.05, 0) is 65.4 Å². The van der Waals surface area contributed by atoms with Gasteiger partial charge in [-0.1, -0.05) is 74.5 Å².